The molecule has 0 fully saturated rings. The first-order chi connectivity index (χ1) is 7.31. The first kappa shape index (κ1) is 10.2. The second-order valence-corrected chi connectivity index (χ2v) is 4.12. The molecule has 1 radical (unpaired) electrons. The van der Waals surface area contributed by atoms with Gasteiger partial charge in [-0.05, 0) is 49.0 Å². The van der Waals surface area contributed by atoms with E-state index < -0.39 is 0 Å². The van der Waals surface area contributed by atoms with Crippen LogP contribution in [-0.4, -0.2) is 0 Å². The van der Waals surface area contributed by atoms with Crippen LogP contribution < -0.4 is 0 Å². The van der Waals surface area contributed by atoms with Crippen molar-refractivity contribution in [2.45, 2.75) is 33.1 Å². The van der Waals surface area contributed by atoms with Crippen LogP contribution in [0.1, 0.15) is 37.0 Å². The molecule has 77 valence electrons. The average molecular weight is 197 g/mol. The summed E-state index contributed by atoms with van der Waals surface area (Å²) < 4.78 is 0. The topological polar surface area (TPSA) is 0 Å². The molecule has 0 atom stereocenters. The molecule has 1 aliphatic carbocycles. The van der Waals surface area contributed by atoms with Crippen LogP contribution in [-0.2, 0) is 12.8 Å². The molecule has 1 aromatic rings. The van der Waals surface area contributed by atoms with Gasteiger partial charge < -0.3 is 0 Å². The third-order valence-corrected chi connectivity index (χ3v) is 3.01. The predicted molar refractivity (Wildman–Crippen MR) is 65.6 cm³/mol. The van der Waals surface area contributed by atoms with E-state index in [-0.39, 0.29) is 0 Å². The number of allylic oxidation sites excluding steroid dienone is 3. The van der Waals surface area contributed by atoms with Crippen LogP contribution >= 0.6 is 0 Å². The lowest BCUT2D eigenvalue weighted by atomic mass is 9.91. The Kier molecular flexibility index (Phi) is 3.05. The normalized spacial score (nSPS) is 15.2. The summed E-state index contributed by atoms with van der Waals surface area (Å²) in [7, 11) is 0. The van der Waals surface area contributed by atoms with Crippen LogP contribution in [0.25, 0.3) is 6.08 Å². The molecule has 0 bridgehead atoms. The molecule has 0 unspecified atom stereocenters. The van der Waals surface area contributed by atoms with E-state index in [1.165, 1.54) is 22.3 Å². The average Bonchev–Trinajstić information content (AvgIpc) is 2.29. The van der Waals surface area contributed by atoms with Gasteiger partial charge in [-0.15, -0.1) is 0 Å². The number of hydrogen-bond donors (Lipinski definition) is 0. The largest absolute Gasteiger partial charge is 0.0763 e. The van der Waals surface area contributed by atoms with Crippen molar-refractivity contribution in [3.05, 3.63) is 52.6 Å². The van der Waals surface area contributed by atoms with Gasteiger partial charge in [0.25, 0.3) is 0 Å². The van der Waals surface area contributed by atoms with Crippen molar-refractivity contribution in [2.75, 3.05) is 0 Å². The van der Waals surface area contributed by atoms with Crippen LogP contribution in [0, 0.1) is 6.08 Å². The molecule has 0 spiro atoms. The van der Waals surface area contributed by atoms with Gasteiger partial charge in [-0.25, -0.2) is 0 Å². The quantitative estimate of drug-likeness (QED) is 0.673. The lowest BCUT2D eigenvalue weighted by molar-refractivity contribution is 1.06. The van der Waals surface area contributed by atoms with Crippen LogP contribution in [0.3, 0.4) is 0 Å². The van der Waals surface area contributed by atoms with E-state index >= 15 is 0 Å². The molecule has 0 N–H and O–H groups in total. The van der Waals surface area contributed by atoms with Crippen molar-refractivity contribution in [3.63, 3.8) is 0 Å². The second-order valence-electron chi connectivity index (χ2n) is 4.12. The minimum Gasteiger partial charge on any atom is -0.0763 e. The summed E-state index contributed by atoms with van der Waals surface area (Å²) in [4.78, 5) is 0. The molecule has 0 saturated carbocycles. The van der Waals surface area contributed by atoms with Crippen LogP contribution in [0.5, 0.6) is 0 Å². The Labute approximate surface area is 92.3 Å². The Morgan fingerprint density at radius 2 is 2.33 bits per heavy atom. The summed E-state index contributed by atoms with van der Waals surface area (Å²) in [6.07, 6.45) is 10.9. The summed E-state index contributed by atoms with van der Waals surface area (Å²) in [5, 5.41) is 0. The minimum atomic E-state index is 0.974. The van der Waals surface area contributed by atoms with Crippen molar-refractivity contribution in [1.29, 1.82) is 0 Å². The molecule has 0 aromatic heterocycles. The molecule has 0 aliphatic heterocycles. The molecule has 1 aromatic carbocycles. The first-order valence-electron chi connectivity index (χ1n) is 5.64. The van der Waals surface area contributed by atoms with E-state index in [0.717, 1.165) is 19.3 Å². The van der Waals surface area contributed by atoms with Gasteiger partial charge in [0.2, 0.25) is 0 Å². The highest BCUT2D eigenvalue weighted by Crippen LogP contribution is 2.22. The highest BCUT2D eigenvalue weighted by molar-refractivity contribution is 5.59. The summed E-state index contributed by atoms with van der Waals surface area (Å²) in [6, 6.07) is 6.59. The highest BCUT2D eigenvalue weighted by atomic mass is 14.1. The maximum absolute atomic E-state index is 3.29. The smallest absolute Gasteiger partial charge is 0.00230 e. The molecule has 0 nitrogen and oxygen atoms in total. The van der Waals surface area contributed by atoms with E-state index in [4.69, 9.17) is 0 Å². The third kappa shape index (κ3) is 2.20. The molecule has 0 heteroatoms. The Morgan fingerprint density at radius 1 is 1.47 bits per heavy atom. The minimum absolute atomic E-state index is 0.974. The lowest BCUT2D eigenvalue weighted by Crippen LogP contribution is -2.00. The van der Waals surface area contributed by atoms with Crippen LogP contribution in [0.2, 0.25) is 0 Å². The zero-order chi connectivity index (χ0) is 10.7. The summed E-state index contributed by atoms with van der Waals surface area (Å²) in [5.41, 5.74) is 5.77. The van der Waals surface area contributed by atoms with E-state index in [9.17, 15) is 0 Å². The molecule has 15 heavy (non-hydrogen) atoms. The maximum atomic E-state index is 3.29. The maximum Gasteiger partial charge on any atom is -0.00230 e. The van der Waals surface area contributed by atoms with Gasteiger partial charge in [0.15, 0.2) is 0 Å². The Balaban J connectivity index is 2.41. The fourth-order valence-electron chi connectivity index (χ4n) is 1.93. The summed E-state index contributed by atoms with van der Waals surface area (Å²) >= 11 is 0. The summed E-state index contributed by atoms with van der Waals surface area (Å²) in [5.74, 6) is 0. The van der Waals surface area contributed by atoms with E-state index in [1.807, 2.05) is 0 Å². The molecular weight excluding hydrogens is 180 g/mol. The molecule has 0 heterocycles. The van der Waals surface area contributed by atoms with Gasteiger partial charge >= 0.3 is 0 Å². The molecule has 0 saturated heterocycles. The van der Waals surface area contributed by atoms with Crippen molar-refractivity contribution >= 4 is 6.08 Å². The zero-order valence-corrected chi connectivity index (χ0v) is 9.51. The van der Waals surface area contributed by atoms with Crippen LogP contribution in [0.4, 0.5) is 0 Å². The summed E-state index contributed by atoms with van der Waals surface area (Å²) in [6.45, 7) is 4.40. The van der Waals surface area contributed by atoms with Gasteiger partial charge in [-0.2, -0.15) is 0 Å². The Morgan fingerprint density at radius 3 is 3.13 bits per heavy atom. The van der Waals surface area contributed by atoms with Gasteiger partial charge in [-0.1, -0.05) is 42.8 Å². The van der Waals surface area contributed by atoms with E-state index in [1.54, 1.807) is 0 Å². The number of hydrogen-bond acceptors (Lipinski definition) is 0. The fourth-order valence-corrected chi connectivity index (χ4v) is 1.93. The highest BCUT2D eigenvalue weighted by Gasteiger charge is 2.07. The van der Waals surface area contributed by atoms with E-state index in [2.05, 4.69) is 50.3 Å². The molecule has 0 amide bonds. The second kappa shape index (κ2) is 4.48. The van der Waals surface area contributed by atoms with Gasteiger partial charge in [0.05, 0.1) is 0 Å². The third-order valence-electron chi connectivity index (χ3n) is 3.01. The van der Waals surface area contributed by atoms with Gasteiger partial charge in [-0.3, -0.25) is 0 Å². The number of rotatable bonds is 2. The molecule has 2 rings (SSSR count). The standard InChI is InChI=1S/C15H17/c1-3-12(2)11-14-9-6-8-13-7-4-5-10-15(13)14/h5-6,8-9,11H,3,7,10H2,1-2H3. The molecule has 1 aliphatic rings. The van der Waals surface area contributed by atoms with Crippen molar-refractivity contribution in [2.24, 2.45) is 0 Å². The SMILES string of the molecule is CCC(C)=Cc1cccc2c1CC=[C]C2. The van der Waals surface area contributed by atoms with Crippen molar-refractivity contribution in [3.8, 4) is 0 Å². The van der Waals surface area contributed by atoms with Crippen molar-refractivity contribution < 1.29 is 0 Å². The zero-order valence-electron chi connectivity index (χ0n) is 9.51. The lowest BCUT2D eigenvalue weighted by Gasteiger charge is -2.13. The first-order valence-corrected chi connectivity index (χ1v) is 5.64. The number of benzene rings is 1. The van der Waals surface area contributed by atoms with Crippen LogP contribution in [0.15, 0.2) is 29.8 Å². The molecular formula is C15H17. The number of fused-ring (bicyclic) bond motifs is 1. The van der Waals surface area contributed by atoms with Gasteiger partial charge in [0.1, 0.15) is 0 Å². The Bertz CT molecular complexity index is 408. The van der Waals surface area contributed by atoms with Gasteiger partial charge in [0, 0.05) is 0 Å². The van der Waals surface area contributed by atoms with E-state index in [0.29, 0.717) is 0 Å². The monoisotopic (exact) mass is 197 g/mol. The van der Waals surface area contributed by atoms with Crippen molar-refractivity contribution in [1.82, 2.24) is 0 Å². The Hall–Kier alpha value is -1.30. The fraction of sp³-hybridized carbons (Fsp3) is 0.333. The predicted octanol–water partition coefficient (Wildman–Crippen LogP) is 3.96.